The zero-order valence-corrected chi connectivity index (χ0v) is 38.5. The molecule has 5 aromatic rings. The second-order valence-corrected chi connectivity index (χ2v) is 17.5. The van der Waals surface area contributed by atoms with Crippen molar-refractivity contribution in [3.05, 3.63) is 116 Å². The van der Waals surface area contributed by atoms with Crippen molar-refractivity contribution in [2.75, 3.05) is 70.5 Å². The number of aryl methyl sites for hydroxylation is 2. The Balaban J connectivity index is 0.716. The Kier molecular flexibility index (Phi) is 14.3. The number of imide groups is 2. The molecule has 1 unspecified atom stereocenters. The molecule has 19 heteroatoms. The van der Waals surface area contributed by atoms with Gasteiger partial charge in [0, 0.05) is 52.4 Å². The van der Waals surface area contributed by atoms with Crippen LogP contribution in [0.3, 0.4) is 0 Å². The van der Waals surface area contributed by atoms with E-state index in [1.807, 2.05) is 35.8 Å². The van der Waals surface area contributed by atoms with Gasteiger partial charge in [-0.1, -0.05) is 29.8 Å². The summed E-state index contributed by atoms with van der Waals surface area (Å²) in [6.45, 7) is 8.86. The molecule has 344 valence electrons. The average molecular weight is 937 g/mol. The number of thiophene rings is 1. The van der Waals surface area contributed by atoms with Crippen LogP contribution in [-0.4, -0.2) is 126 Å². The lowest BCUT2D eigenvalue weighted by atomic mass is 9.99. The van der Waals surface area contributed by atoms with Gasteiger partial charge in [-0.3, -0.25) is 43.3 Å². The number of aromatic nitrogens is 3. The molecule has 2 N–H and O–H groups in total. The highest BCUT2D eigenvalue weighted by molar-refractivity contribution is 7.15. The molecule has 0 bridgehead atoms. The first-order valence-corrected chi connectivity index (χ1v) is 22.8. The van der Waals surface area contributed by atoms with Gasteiger partial charge in [0.1, 0.15) is 35.3 Å². The van der Waals surface area contributed by atoms with Crippen molar-refractivity contribution in [2.45, 2.75) is 52.1 Å². The van der Waals surface area contributed by atoms with E-state index in [-0.39, 0.29) is 42.2 Å². The van der Waals surface area contributed by atoms with Crippen LogP contribution < -0.4 is 15.4 Å². The predicted molar refractivity (Wildman–Crippen MR) is 247 cm³/mol. The number of hydrogen-bond acceptors (Lipinski definition) is 14. The summed E-state index contributed by atoms with van der Waals surface area (Å²) in [6.07, 6.45) is 0.232. The zero-order chi connectivity index (χ0) is 46.5. The normalized spacial score (nSPS) is 16.8. The van der Waals surface area contributed by atoms with E-state index in [1.54, 1.807) is 53.8 Å². The number of carbonyl (C=O) groups is 5. The lowest BCUT2D eigenvalue weighted by molar-refractivity contribution is -0.149. The Morgan fingerprint density at radius 1 is 0.833 bits per heavy atom. The molecule has 3 aromatic carbocycles. The van der Waals surface area contributed by atoms with Crippen molar-refractivity contribution in [1.82, 2.24) is 24.6 Å². The lowest BCUT2D eigenvalue weighted by Gasteiger charge is -2.32. The van der Waals surface area contributed by atoms with Crippen LogP contribution in [0.25, 0.3) is 5.00 Å². The van der Waals surface area contributed by atoms with Crippen LogP contribution in [0.15, 0.2) is 71.7 Å². The van der Waals surface area contributed by atoms with Gasteiger partial charge < -0.3 is 29.6 Å². The third-order valence-corrected chi connectivity index (χ3v) is 13.0. The molecular weight excluding hydrogens is 888 g/mol. The van der Waals surface area contributed by atoms with Crippen LogP contribution in [0.1, 0.15) is 79.2 Å². The first-order valence-electron chi connectivity index (χ1n) is 21.6. The van der Waals surface area contributed by atoms with Gasteiger partial charge in [0.15, 0.2) is 5.82 Å². The summed E-state index contributed by atoms with van der Waals surface area (Å²) in [4.78, 5) is 73.0. The number of fused-ring (bicyclic) bond motifs is 4. The van der Waals surface area contributed by atoms with Crippen LogP contribution in [-0.2, 0) is 28.6 Å². The van der Waals surface area contributed by atoms with Crippen molar-refractivity contribution < 1.29 is 42.9 Å². The summed E-state index contributed by atoms with van der Waals surface area (Å²) in [5, 5.41) is 16.6. The fourth-order valence-corrected chi connectivity index (χ4v) is 9.38. The highest BCUT2D eigenvalue weighted by Crippen LogP contribution is 2.40. The number of aliphatic imine (C=N–C) groups is 1. The minimum absolute atomic E-state index is 0.0500. The maximum Gasteiger partial charge on any atom is 0.264 e. The Morgan fingerprint density at radius 2 is 1.53 bits per heavy atom. The summed E-state index contributed by atoms with van der Waals surface area (Å²) < 4.78 is 24.8. The maximum atomic E-state index is 13.5. The summed E-state index contributed by atoms with van der Waals surface area (Å²) in [5.41, 5.74) is 5.31. The van der Waals surface area contributed by atoms with Gasteiger partial charge in [-0.2, -0.15) is 0 Å². The zero-order valence-electron chi connectivity index (χ0n) is 36.9. The molecule has 2 atom stereocenters. The number of nitrogens with one attached hydrogen (secondary N) is 2. The molecule has 5 heterocycles. The summed E-state index contributed by atoms with van der Waals surface area (Å²) in [6, 6.07) is 18.0. The van der Waals surface area contributed by atoms with E-state index in [1.165, 1.54) is 11.9 Å². The average Bonchev–Trinajstić information content (AvgIpc) is 3.89. The van der Waals surface area contributed by atoms with Crippen LogP contribution in [0.5, 0.6) is 5.75 Å². The second kappa shape index (κ2) is 20.5. The molecular formula is C47H49ClN8O9S. The standard InChI is InChI=1S/C47H49ClN8O9S/c1-27-28(2)66-47-40(27)42(30-8-10-31(48)11-9-30)51-36(43-53-52-29(3)55(43)47)26-38(57)50-32-12-14-33(15-13-32)65-25-24-64-23-22-63-21-20-62-19-18-49-35-7-5-6-34-41(35)46(61)56(44(34)59)37-16-17-39(58)54(4)45(37)60/h5-15,36-37,49H,16-26H2,1-4H3,(H,50,57)/t36-,37?/m0/s1. The Labute approximate surface area is 390 Å². The van der Waals surface area contributed by atoms with E-state index in [0.29, 0.717) is 80.8 Å². The number of carbonyl (C=O) groups excluding carboxylic acids is 5. The molecule has 0 aliphatic carbocycles. The highest BCUT2D eigenvalue weighted by atomic mass is 35.5. The van der Waals surface area contributed by atoms with Crippen molar-refractivity contribution in [1.29, 1.82) is 0 Å². The number of piperidine rings is 1. The molecule has 1 fully saturated rings. The van der Waals surface area contributed by atoms with E-state index in [4.69, 9.17) is 35.5 Å². The van der Waals surface area contributed by atoms with Gasteiger partial charge in [0.05, 0.1) is 62.9 Å². The smallest absolute Gasteiger partial charge is 0.264 e. The number of likely N-dealkylation sites (tertiary alicyclic amines) is 1. The molecule has 3 aliphatic heterocycles. The number of likely N-dealkylation sites (N-methyl/N-ethyl adjacent to an activating group) is 1. The molecule has 0 spiro atoms. The minimum atomic E-state index is -1.01. The van der Waals surface area contributed by atoms with Crippen molar-refractivity contribution in [3.8, 4) is 10.8 Å². The van der Waals surface area contributed by atoms with Crippen LogP contribution >= 0.6 is 22.9 Å². The van der Waals surface area contributed by atoms with Crippen LogP contribution in [0, 0.1) is 20.8 Å². The molecule has 8 rings (SSSR count). The summed E-state index contributed by atoms with van der Waals surface area (Å²) in [7, 11) is 1.36. The summed E-state index contributed by atoms with van der Waals surface area (Å²) >= 11 is 7.90. The van der Waals surface area contributed by atoms with Gasteiger partial charge >= 0.3 is 0 Å². The second-order valence-electron chi connectivity index (χ2n) is 15.8. The quantitative estimate of drug-likeness (QED) is 0.0713. The highest BCUT2D eigenvalue weighted by Gasteiger charge is 2.47. The monoisotopic (exact) mass is 936 g/mol. The predicted octanol–water partition coefficient (Wildman–Crippen LogP) is 6.11. The number of rotatable bonds is 19. The Morgan fingerprint density at radius 3 is 2.26 bits per heavy atom. The number of halogens is 1. The number of ether oxygens (including phenoxy) is 4. The van der Waals surface area contributed by atoms with Crippen molar-refractivity contribution in [2.24, 2.45) is 4.99 Å². The Hall–Kier alpha value is -6.31. The molecule has 17 nitrogen and oxygen atoms in total. The molecule has 5 amide bonds. The molecule has 66 heavy (non-hydrogen) atoms. The third-order valence-electron chi connectivity index (χ3n) is 11.6. The fourth-order valence-electron chi connectivity index (χ4n) is 8.04. The van der Waals surface area contributed by atoms with E-state index >= 15 is 0 Å². The molecule has 0 saturated carbocycles. The molecule has 0 radical (unpaired) electrons. The molecule has 1 saturated heterocycles. The SMILES string of the molecule is Cc1sc2c(c1C)C(c1ccc(Cl)cc1)=N[C@@H](CC(=O)Nc1ccc(OCCOCCOCCOCCNc3cccc4c3C(=O)N(C3CCC(=O)N(C)C3=O)C4=O)cc1)c1nnc(C)n1-2. The summed E-state index contributed by atoms with van der Waals surface area (Å²) in [5.74, 6) is -0.277. The van der Waals surface area contributed by atoms with Crippen molar-refractivity contribution >= 4 is 69.6 Å². The number of anilines is 2. The molecule has 2 aromatic heterocycles. The van der Waals surface area contributed by atoms with Gasteiger partial charge in [-0.25, -0.2) is 0 Å². The van der Waals surface area contributed by atoms with Crippen molar-refractivity contribution in [3.63, 3.8) is 0 Å². The maximum absolute atomic E-state index is 13.5. The third kappa shape index (κ3) is 9.78. The number of hydrogen-bond donors (Lipinski definition) is 2. The largest absolute Gasteiger partial charge is 0.491 e. The van der Waals surface area contributed by atoms with Gasteiger partial charge in [-0.15, -0.1) is 21.5 Å². The Bertz CT molecular complexity index is 2680. The first kappa shape index (κ1) is 46.2. The number of benzene rings is 3. The number of nitrogens with zero attached hydrogens (tertiary/aromatic N) is 6. The van der Waals surface area contributed by atoms with Gasteiger partial charge in [-0.05, 0) is 81.3 Å². The van der Waals surface area contributed by atoms with Gasteiger partial charge in [0.2, 0.25) is 11.8 Å². The van der Waals surface area contributed by atoms with E-state index in [9.17, 15) is 24.0 Å². The van der Waals surface area contributed by atoms with E-state index < -0.39 is 29.8 Å². The van der Waals surface area contributed by atoms with Crippen LogP contribution in [0.4, 0.5) is 11.4 Å². The van der Waals surface area contributed by atoms with E-state index in [2.05, 4.69) is 34.7 Å². The van der Waals surface area contributed by atoms with Gasteiger partial charge in [0.25, 0.3) is 17.7 Å². The number of amides is 5. The van der Waals surface area contributed by atoms with E-state index in [0.717, 1.165) is 43.0 Å². The first-order chi connectivity index (χ1) is 31.9. The fraction of sp³-hybridized carbons (Fsp3) is 0.362. The minimum Gasteiger partial charge on any atom is -0.491 e. The molecule has 3 aliphatic rings. The topological polar surface area (TPSA) is 196 Å². The lowest BCUT2D eigenvalue weighted by Crippen LogP contribution is -2.54. The van der Waals surface area contributed by atoms with Crippen LogP contribution in [0.2, 0.25) is 5.02 Å².